The number of thiazole rings is 1. The Morgan fingerprint density at radius 3 is 2.96 bits per heavy atom. The molecule has 7 heteroatoms. The fourth-order valence-electron chi connectivity index (χ4n) is 2.72. The molecule has 1 aromatic carbocycles. The topological polar surface area (TPSA) is 58.5 Å². The first-order valence-electron chi connectivity index (χ1n) is 8.50. The Hall–Kier alpha value is -1.35. The molecule has 1 aliphatic heterocycles. The Kier molecular flexibility index (Phi) is 7.95. The summed E-state index contributed by atoms with van der Waals surface area (Å²) in [5, 5.41) is 10.1. The Balaban J connectivity index is 0.00000225. The molecule has 1 atom stereocenters. The number of para-hydroxylation sites is 1. The number of nitrogens with one attached hydrogen (secondary N) is 2. The number of nitrogens with zero attached hydrogens (tertiary/aromatic N) is 2. The Bertz CT molecular complexity index is 704. The molecule has 1 aliphatic rings. The number of halogens is 1. The second-order valence-corrected chi connectivity index (χ2v) is 6.60. The average Bonchev–Trinajstić information content (AvgIpc) is 3.08. The van der Waals surface area contributed by atoms with Crippen LogP contribution in [0.2, 0.25) is 0 Å². The highest BCUT2D eigenvalue weighted by Gasteiger charge is 2.21. The third kappa shape index (κ3) is 5.31. The van der Waals surface area contributed by atoms with Crippen molar-refractivity contribution in [1.82, 2.24) is 15.6 Å². The van der Waals surface area contributed by atoms with Crippen LogP contribution in [0.4, 0.5) is 0 Å². The van der Waals surface area contributed by atoms with Crippen LogP contribution in [-0.4, -0.2) is 24.1 Å². The lowest BCUT2D eigenvalue weighted by atomic mass is 10.0. The van der Waals surface area contributed by atoms with Gasteiger partial charge in [0.2, 0.25) is 0 Å². The molecule has 1 unspecified atom stereocenters. The molecule has 25 heavy (non-hydrogen) atoms. The van der Waals surface area contributed by atoms with Crippen molar-refractivity contribution in [3.05, 3.63) is 45.9 Å². The zero-order valence-electron chi connectivity index (χ0n) is 14.6. The maximum atomic E-state index is 5.73. The van der Waals surface area contributed by atoms with Crippen LogP contribution in [0, 0.1) is 0 Å². The molecule has 1 aromatic heterocycles. The number of rotatable bonds is 5. The highest BCUT2D eigenvalue weighted by molar-refractivity contribution is 14.0. The van der Waals surface area contributed by atoms with Crippen LogP contribution >= 0.6 is 35.3 Å². The van der Waals surface area contributed by atoms with E-state index in [1.54, 1.807) is 11.3 Å². The van der Waals surface area contributed by atoms with E-state index < -0.39 is 0 Å². The number of ether oxygens (including phenoxy) is 1. The summed E-state index contributed by atoms with van der Waals surface area (Å²) in [6.07, 6.45) is 1.91. The number of aryl methyl sites for hydroxylation is 1. The molecule has 0 aliphatic carbocycles. The summed E-state index contributed by atoms with van der Waals surface area (Å²) in [6, 6.07) is 8.41. The smallest absolute Gasteiger partial charge is 0.192 e. The maximum absolute atomic E-state index is 5.73. The highest BCUT2D eigenvalue weighted by Crippen LogP contribution is 2.31. The molecule has 5 nitrogen and oxygen atoms in total. The Morgan fingerprint density at radius 2 is 2.20 bits per heavy atom. The van der Waals surface area contributed by atoms with Gasteiger partial charge in [0.05, 0.1) is 29.9 Å². The van der Waals surface area contributed by atoms with Gasteiger partial charge < -0.3 is 15.4 Å². The van der Waals surface area contributed by atoms with E-state index in [4.69, 9.17) is 9.73 Å². The van der Waals surface area contributed by atoms with E-state index in [-0.39, 0.29) is 30.0 Å². The molecule has 2 heterocycles. The number of guanidine groups is 1. The molecular formula is C18H25IN4OS. The van der Waals surface area contributed by atoms with Gasteiger partial charge in [-0.2, -0.15) is 0 Å². The van der Waals surface area contributed by atoms with Crippen molar-refractivity contribution in [1.29, 1.82) is 0 Å². The molecular weight excluding hydrogens is 447 g/mol. The zero-order chi connectivity index (χ0) is 16.8. The maximum Gasteiger partial charge on any atom is 0.192 e. The van der Waals surface area contributed by atoms with Crippen LogP contribution < -0.4 is 15.4 Å². The van der Waals surface area contributed by atoms with Crippen molar-refractivity contribution in [3.63, 3.8) is 0 Å². The van der Waals surface area contributed by atoms with Crippen LogP contribution in [0.1, 0.15) is 42.6 Å². The van der Waals surface area contributed by atoms with Gasteiger partial charge in [0, 0.05) is 23.9 Å². The molecule has 2 N–H and O–H groups in total. The number of benzene rings is 1. The SMILES string of the molecule is CCNC(=NCc1csc(CC)n1)NC1CCOc2ccccc21.I. The van der Waals surface area contributed by atoms with E-state index in [1.807, 2.05) is 18.2 Å². The summed E-state index contributed by atoms with van der Waals surface area (Å²) in [7, 11) is 0. The first-order valence-corrected chi connectivity index (χ1v) is 9.38. The van der Waals surface area contributed by atoms with Crippen molar-refractivity contribution in [2.24, 2.45) is 4.99 Å². The summed E-state index contributed by atoms with van der Waals surface area (Å²) in [5.41, 5.74) is 2.22. The Morgan fingerprint density at radius 1 is 1.36 bits per heavy atom. The van der Waals surface area contributed by atoms with E-state index in [9.17, 15) is 0 Å². The summed E-state index contributed by atoms with van der Waals surface area (Å²) < 4.78 is 5.73. The van der Waals surface area contributed by atoms with Crippen molar-refractivity contribution < 1.29 is 4.74 Å². The molecule has 3 rings (SSSR count). The van der Waals surface area contributed by atoms with Gasteiger partial charge in [-0.05, 0) is 19.4 Å². The van der Waals surface area contributed by atoms with E-state index in [2.05, 4.69) is 40.9 Å². The summed E-state index contributed by atoms with van der Waals surface area (Å²) in [6.45, 7) is 6.35. The van der Waals surface area contributed by atoms with Crippen molar-refractivity contribution in [2.45, 2.75) is 39.3 Å². The van der Waals surface area contributed by atoms with E-state index in [0.717, 1.165) is 48.4 Å². The van der Waals surface area contributed by atoms with E-state index >= 15 is 0 Å². The van der Waals surface area contributed by atoms with Gasteiger partial charge >= 0.3 is 0 Å². The van der Waals surface area contributed by atoms with Gasteiger partial charge in [0.25, 0.3) is 0 Å². The molecule has 2 aromatic rings. The second kappa shape index (κ2) is 9.96. The first kappa shape index (κ1) is 20.0. The summed E-state index contributed by atoms with van der Waals surface area (Å²) >= 11 is 1.70. The fraction of sp³-hybridized carbons (Fsp3) is 0.444. The number of hydrogen-bond acceptors (Lipinski definition) is 4. The third-order valence-corrected chi connectivity index (χ3v) is 4.96. The van der Waals surface area contributed by atoms with Crippen LogP contribution in [0.15, 0.2) is 34.6 Å². The standard InChI is InChI=1S/C18H24N4OS.HI/c1-3-17-21-13(12-24-17)11-20-18(19-4-2)22-15-9-10-23-16-8-6-5-7-14(15)16;/h5-8,12,15H,3-4,9-11H2,1-2H3,(H2,19,20,22);1H. The van der Waals surface area contributed by atoms with Crippen LogP contribution in [0.3, 0.4) is 0 Å². The minimum atomic E-state index is 0. The lowest BCUT2D eigenvalue weighted by Gasteiger charge is -2.28. The average molecular weight is 472 g/mol. The van der Waals surface area contributed by atoms with Gasteiger partial charge in [-0.3, -0.25) is 0 Å². The summed E-state index contributed by atoms with van der Waals surface area (Å²) in [5.74, 6) is 1.79. The molecule has 0 saturated carbocycles. The predicted octanol–water partition coefficient (Wildman–Crippen LogP) is 3.90. The monoisotopic (exact) mass is 472 g/mol. The zero-order valence-corrected chi connectivity index (χ0v) is 17.8. The van der Waals surface area contributed by atoms with Crippen molar-refractivity contribution in [2.75, 3.05) is 13.2 Å². The molecule has 0 radical (unpaired) electrons. The molecule has 136 valence electrons. The van der Waals surface area contributed by atoms with Crippen LogP contribution in [-0.2, 0) is 13.0 Å². The number of aliphatic imine (C=N–C) groups is 1. The van der Waals surface area contributed by atoms with E-state index in [1.165, 1.54) is 5.56 Å². The van der Waals surface area contributed by atoms with Crippen molar-refractivity contribution in [3.8, 4) is 5.75 Å². The quantitative estimate of drug-likeness (QED) is 0.394. The first-order chi connectivity index (χ1) is 11.8. The highest BCUT2D eigenvalue weighted by atomic mass is 127. The number of fused-ring (bicyclic) bond motifs is 1. The van der Waals surface area contributed by atoms with Crippen LogP contribution in [0.25, 0.3) is 0 Å². The second-order valence-electron chi connectivity index (χ2n) is 5.65. The minimum absolute atomic E-state index is 0. The third-order valence-electron chi connectivity index (χ3n) is 3.91. The largest absolute Gasteiger partial charge is 0.493 e. The summed E-state index contributed by atoms with van der Waals surface area (Å²) in [4.78, 5) is 9.28. The fourth-order valence-corrected chi connectivity index (χ4v) is 3.46. The molecule has 0 bridgehead atoms. The van der Waals surface area contributed by atoms with E-state index in [0.29, 0.717) is 6.54 Å². The predicted molar refractivity (Wildman–Crippen MR) is 114 cm³/mol. The number of hydrogen-bond donors (Lipinski definition) is 2. The lowest BCUT2D eigenvalue weighted by molar-refractivity contribution is 0.261. The molecule has 0 fully saturated rings. The van der Waals surface area contributed by atoms with Gasteiger partial charge in [-0.25, -0.2) is 9.98 Å². The molecule has 0 saturated heterocycles. The van der Waals surface area contributed by atoms with Crippen molar-refractivity contribution >= 4 is 41.3 Å². The molecule has 0 spiro atoms. The van der Waals surface area contributed by atoms with Crippen LogP contribution in [0.5, 0.6) is 5.75 Å². The minimum Gasteiger partial charge on any atom is -0.493 e. The Labute approximate surface area is 170 Å². The normalized spacial score (nSPS) is 16.4. The molecule has 0 amide bonds. The van der Waals surface area contributed by atoms with Gasteiger partial charge in [-0.1, -0.05) is 25.1 Å². The lowest BCUT2D eigenvalue weighted by Crippen LogP contribution is -2.41. The number of aromatic nitrogens is 1. The van der Waals surface area contributed by atoms with Gasteiger partial charge in [-0.15, -0.1) is 35.3 Å². The van der Waals surface area contributed by atoms with Gasteiger partial charge in [0.1, 0.15) is 5.75 Å². The van der Waals surface area contributed by atoms with Gasteiger partial charge in [0.15, 0.2) is 5.96 Å².